The van der Waals surface area contributed by atoms with Gasteiger partial charge >= 0.3 is 5.97 Å². The molecule has 1 rings (SSSR count). The second kappa shape index (κ2) is 7.15. The fourth-order valence-corrected chi connectivity index (χ4v) is 3.99. The number of aliphatic carboxylic acids is 1. The summed E-state index contributed by atoms with van der Waals surface area (Å²) >= 11 is 0. The highest BCUT2D eigenvalue weighted by Crippen LogP contribution is 2.44. The fourth-order valence-electron chi connectivity index (χ4n) is 2.37. The van der Waals surface area contributed by atoms with Gasteiger partial charge in [0.15, 0.2) is 19.8 Å². The number of hydrogen-bond acceptors (Lipinski definition) is 4. The molecule has 6 heteroatoms. The van der Waals surface area contributed by atoms with E-state index in [1.165, 1.54) is 0 Å². The molecule has 24 heavy (non-hydrogen) atoms. The summed E-state index contributed by atoms with van der Waals surface area (Å²) in [6.45, 7) is 12.5. The monoisotopic (exact) mass is 354 g/mol. The van der Waals surface area contributed by atoms with Crippen LogP contribution in [0.25, 0.3) is 0 Å². The molecule has 0 radical (unpaired) electrons. The lowest BCUT2D eigenvalue weighted by Gasteiger charge is -2.44. The Morgan fingerprint density at radius 2 is 1.62 bits per heavy atom. The van der Waals surface area contributed by atoms with E-state index in [-0.39, 0.29) is 11.5 Å². The summed E-state index contributed by atoms with van der Waals surface area (Å²) in [4.78, 5) is 11.5. The lowest BCUT2D eigenvalue weighted by Crippen LogP contribution is -2.48. The molecule has 0 aliphatic carbocycles. The average Bonchev–Trinajstić information content (AvgIpc) is 2.43. The molecular weight excluding hydrogens is 324 g/mol. The standard InChI is InChI=1S/C18H30O5Si/c1-17(2,3)24(7,8)23-18(4,12-16(19)20)13-9-10-14(21-5)15(11-13)22-6/h9-11H,12H2,1-8H3,(H,19,20)/t18-/m0/s1. The number of ether oxygens (including phenoxy) is 2. The third-order valence-electron chi connectivity index (χ3n) is 4.77. The number of rotatable bonds is 7. The molecule has 0 bridgehead atoms. The van der Waals surface area contributed by atoms with E-state index in [4.69, 9.17) is 13.9 Å². The summed E-state index contributed by atoms with van der Waals surface area (Å²) in [5.41, 5.74) is -0.165. The highest BCUT2D eigenvalue weighted by Gasteiger charge is 2.44. The molecule has 5 nitrogen and oxygen atoms in total. The van der Waals surface area contributed by atoms with Crippen LogP contribution in [0, 0.1) is 0 Å². The van der Waals surface area contributed by atoms with Gasteiger partial charge in [-0.3, -0.25) is 4.79 Å². The molecule has 0 heterocycles. The lowest BCUT2D eigenvalue weighted by atomic mass is 9.92. The molecule has 1 aromatic rings. The predicted octanol–water partition coefficient (Wildman–Crippen LogP) is 4.42. The molecule has 136 valence electrons. The van der Waals surface area contributed by atoms with Gasteiger partial charge in [-0.15, -0.1) is 0 Å². The van der Waals surface area contributed by atoms with Crippen molar-refractivity contribution in [2.24, 2.45) is 0 Å². The van der Waals surface area contributed by atoms with Crippen LogP contribution in [0.5, 0.6) is 11.5 Å². The van der Waals surface area contributed by atoms with Crippen LogP contribution in [0.3, 0.4) is 0 Å². The van der Waals surface area contributed by atoms with Gasteiger partial charge in [0, 0.05) is 0 Å². The minimum atomic E-state index is -2.17. The van der Waals surface area contributed by atoms with Crippen LogP contribution < -0.4 is 9.47 Å². The van der Waals surface area contributed by atoms with Gasteiger partial charge in [0.05, 0.1) is 26.2 Å². The van der Waals surface area contributed by atoms with Crippen LogP contribution in [0.4, 0.5) is 0 Å². The largest absolute Gasteiger partial charge is 0.493 e. The number of methoxy groups -OCH3 is 2. The van der Waals surface area contributed by atoms with Crippen LogP contribution in [-0.2, 0) is 14.8 Å². The van der Waals surface area contributed by atoms with E-state index < -0.39 is 19.9 Å². The van der Waals surface area contributed by atoms with Crippen LogP contribution in [0.1, 0.15) is 39.7 Å². The van der Waals surface area contributed by atoms with Crippen LogP contribution in [0.15, 0.2) is 18.2 Å². The third kappa shape index (κ3) is 4.51. The molecule has 0 saturated heterocycles. The Labute approximate surface area is 146 Å². The van der Waals surface area contributed by atoms with Gasteiger partial charge in [0.2, 0.25) is 0 Å². The molecule has 0 unspecified atom stereocenters. The molecule has 0 aromatic heterocycles. The van der Waals surface area contributed by atoms with E-state index in [1.54, 1.807) is 26.4 Å². The van der Waals surface area contributed by atoms with Crippen molar-refractivity contribution in [2.45, 2.75) is 57.8 Å². The van der Waals surface area contributed by atoms with Crippen molar-refractivity contribution in [3.8, 4) is 11.5 Å². The number of carboxylic acid groups (broad SMARTS) is 1. The first-order chi connectivity index (χ1) is 10.9. The fraction of sp³-hybridized carbons (Fsp3) is 0.611. The Bertz CT molecular complexity index is 592. The highest BCUT2D eigenvalue weighted by molar-refractivity contribution is 6.74. The Morgan fingerprint density at radius 3 is 2.04 bits per heavy atom. The molecule has 0 saturated carbocycles. The van der Waals surface area contributed by atoms with Crippen molar-refractivity contribution in [3.05, 3.63) is 23.8 Å². The average molecular weight is 355 g/mol. The summed E-state index contributed by atoms with van der Waals surface area (Å²) in [5.74, 6) is 0.266. The molecule has 1 aromatic carbocycles. The predicted molar refractivity (Wildman–Crippen MR) is 97.4 cm³/mol. The van der Waals surface area contributed by atoms with Crippen LogP contribution >= 0.6 is 0 Å². The van der Waals surface area contributed by atoms with Crippen molar-refractivity contribution < 1.29 is 23.8 Å². The van der Waals surface area contributed by atoms with Gasteiger partial charge in [-0.05, 0) is 42.8 Å². The van der Waals surface area contributed by atoms with Crippen molar-refractivity contribution >= 4 is 14.3 Å². The van der Waals surface area contributed by atoms with Crippen molar-refractivity contribution in [2.75, 3.05) is 14.2 Å². The summed E-state index contributed by atoms with van der Waals surface area (Å²) in [7, 11) is 0.955. The second-order valence-corrected chi connectivity index (χ2v) is 12.5. The van der Waals surface area contributed by atoms with E-state index in [0.29, 0.717) is 11.5 Å². The van der Waals surface area contributed by atoms with E-state index in [1.807, 2.05) is 13.0 Å². The molecule has 1 N–H and O–H groups in total. The molecule has 0 spiro atoms. The number of benzene rings is 1. The van der Waals surface area contributed by atoms with Gasteiger partial charge in [-0.2, -0.15) is 0 Å². The SMILES string of the molecule is COc1ccc([C@](C)(CC(=O)O)O[Si](C)(C)C(C)(C)C)cc1OC. The van der Waals surface area contributed by atoms with E-state index in [9.17, 15) is 9.90 Å². The first-order valence-electron chi connectivity index (χ1n) is 8.01. The number of carbonyl (C=O) groups is 1. The number of carboxylic acids is 1. The first kappa shape index (κ1) is 20.5. The smallest absolute Gasteiger partial charge is 0.306 e. The minimum Gasteiger partial charge on any atom is -0.493 e. The Morgan fingerprint density at radius 1 is 1.08 bits per heavy atom. The minimum absolute atomic E-state index is 0.0245. The zero-order valence-corrected chi connectivity index (χ0v) is 17.0. The zero-order valence-electron chi connectivity index (χ0n) is 16.0. The molecule has 1 atom stereocenters. The summed E-state index contributed by atoms with van der Waals surface area (Å²) < 4.78 is 17.1. The molecule has 0 amide bonds. The van der Waals surface area contributed by atoms with Crippen LogP contribution in [0.2, 0.25) is 18.1 Å². The topological polar surface area (TPSA) is 65.0 Å². The quantitative estimate of drug-likeness (QED) is 0.735. The van der Waals surface area contributed by atoms with Gasteiger partial charge in [0.25, 0.3) is 0 Å². The molecular formula is C18H30O5Si. The molecule has 0 aliphatic rings. The van der Waals surface area contributed by atoms with Gasteiger partial charge < -0.3 is 19.0 Å². The van der Waals surface area contributed by atoms with E-state index >= 15 is 0 Å². The Hall–Kier alpha value is -1.53. The molecule has 0 fully saturated rings. The first-order valence-corrected chi connectivity index (χ1v) is 10.9. The van der Waals surface area contributed by atoms with Gasteiger partial charge in [0.1, 0.15) is 0 Å². The van der Waals surface area contributed by atoms with Crippen molar-refractivity contribution in [3.63, 3.8) is 0 Å². The summed E-state index contributed by atoms with van der Waals surface area (Å²) in [6, 6.07) is 5.43. The highest BCUT2D eigenvalue weighted by atomic mass is 28.4. The summed E-state index contributed by atoms with van der Waals surface area (Å²) in [5, 5.41) is 9.39. The maximum absolute atomic E-state index is 11.5. The van der Waals surface area contributed by atoms with Crippen LogP contribution in [-0.4, -0.2) is 33.6 Å². The number of hydrogen-bond donors (Lipinski definition) is 1. The maximum Gasteiger partial charge on any atom is 0.306 e. The van der Waals surface area contributed by atoms with E-state index in [0.717, 1.165) is 5.56 Å². The Kier molecular flexibility index (Phi) is 6.11. The second-order valence-electron chi connectivity index (χ2n) is 7.73. The van der Waals surface area contributed by atoms with Gasteiger partial charge in [-0.25, -0.2) is 0 Å². The maximum atomic E-state index is 11.5. The van der Waals surface area contributed by atoms with Gasteiger partial charge in [-0.1, -0.05) is 26.8 Å². The Balaban J connectivity index is 3.38. The normalized spacial score (nSPS) is 14.8. The zero-order chi connectivity index (χ0) is 18.8. The lowest BCUT2D eigenvalue weighted by molar-refractivity contribution is -0.141. The van der Waals surface area contributed by atoms with E-state index in [2.05, 4.69) is 33.9 Å². The summed E-state index contributed by atoms with van der Waals surface area (Å²) in [6.07, 6.45) is -0.116. The third-order valence-corrected chi connectivity index (χ3v) is 9.34. The van der Waals surface area contributed by atoms with Crippen molar-refractivity contribution in [1.82, 2.24) is 0 Å². The van der Waals surface area contributed by atoms with Crippen molar-refractivity contribution in [1.29, 1.82) is 0 Å². The molecule has 0 aliphatic heterocycles.